The van der Waals surface area contributed by atoms with Crippen LogP contribution in [-0.4, -0.2) is 31.4 Å². The maximum atomic E-state index is 11.8. The molecule has 0 aliphatic carbocycles. The second-order valence-corrected chi connectivity index (χ2v) is 7.19. The van der Waals surface area contributed by atoms with Crippen LogP contribution in [0.3, 0.4) is 0 Å². The Morgan fingerprint density at radius 1 is 1.25 bits per heavy atom. The van der Waals surface area contributed by atoms with E-state index in [1.54, 1.807) is 0 Å². The molecule has 1 heterocycles. The van der Waals surface area contributed by atoms with Gasteiger partial charge in [-0.3, -0.25) is 14.5 Å². The first-order chi connectivity index (χ1) is 7.16. The number of rotatable bonds is 0. The third-order valence-electron chi connectivity index (χ3n) is 2.17. The Bertz CT molecular complexity index is 312. The molecule has 0 aromatic rings. The first-order valence-corrected chi connectivity index (χ1v) is 6.36. The van der Waals surface area contributed by atoms with E-state index < -0.39 is 19.9 Å². The van der Waals surface area contributed by atoms with Crippen molar-refractivity contribution in [1.82, 2.24) is 4.90 Å². The number of halogens is 5. The van der Waals surface area contributed by atoms with Crippen LogP contribution in [0.5, 0.6) is 0 Å². The summed E-state index contributed by atoms with van der Waals surface area (Å²) in [7, 11) is 0. The van der Waals surface area contributed by atoms with E-state index in [0.29, 0.717) is 12.8 Å². The summed E-state index contributed by atoms with van der Waals surface area (Å²) in [6.07, 6.45) is 1.49. The largest absolute Gasteiger partial charge is 0.281 e. The van der Waals surface area contributed by atoms with Crippen LogP contribution in [-0.2, 0) is 9.59 Å². The van der Waals surface area contributed by atoms with E-state index in [2.05, 4.69) is 0 Å². The molecule has 92 valence electrons. The molecular formula is C8H8Cl5NO2. The van der Waals surface area contributed by atoms with Crippen molar-refractivity contribution < 1.29 is 9.59 Å². The Hall–Kier alpha value is 0.590. The van der Waals surface area contributed by atoms with Gasteiger partial charge in [-0.15, -0.1) is 0 Å². The van der Waals surface area contributed by atoms with Crippen molar-refractivity contribution in [1.29, 1.82) is 0 Å². The highest BCUT2D eigenvalue weighted by molar-refractivity contribution is 6.76. The van der Waals surface area contributed by atoms with E-state index in [0.717, 1.165) is 4.90 Å². The maximum absolute atomic E-state index is 11.8. The van der Waals surface area contributed by atoms with Crippen molar-refractivity contribution in [2.75, 3.05) is 6.54 Å². The lowest BCUT2D eigenvalue weighted by Crippen LogP contribution is -2.48. The molecule has 1 saturated heterocycles. The molecule has 1 aliphatic heterocycles. The normalized spacial score (nSPS) is 21.8. The van der Waals surface area contributed by atoms with Gasteiger partial charge in [-0.25, -0.2) is 0 Å². The monoisotopic (exact) mass is 325 g/mol. The van der Waals surface area contributed by atoms with Crippen molar-refractivity contribution in [2.24, 2.45) is 0 Å². The molecule has 16 heavy (non-hydrogen) atoms. The fourth-order valence-electron chi connectivity index (χ4n) is 1.37. The average molecular weight is 327 g/mol. The summed E-state index contributed by atoms with van der Waals surface area (Å²) < 4.78 is -3.80. The number of alkyl halides is 5. The number of amides is 2. The second-order valence-electron chi connectivity index (χ2n) is 3.42. The number of hydrogen-bond donors (Lipinski definition) is 0. The zero-order valence-corrected chi connectivity index (χ0v) is 11.8. The Balaban J connectivity index is 2.95. The van der Waals surface area contributed by atoms with Crippen LogP contribution < -0.4 is 0 Å². The lowest BCUT2D eigenvalue weighted by atomic mass is 10.2. The number of carbonyl (C=O) groups excluding carboxylic acids is 2. The summed E-state index contributed by atoms with van der Waals surface area (Å²) in [5, 5.41) is 0. The molecule has 0 atom stereocenters. The molecule has 1 aliphatic rings. The summed E-state index contributed by atoms with van der Waals surface area (Å²) in [4.78, 5) is 24.3. The molecule has 0 spiro atoms. The van der Waals surface area contributed by atoms with Crippen molar-refractivity contribution in [2.45, 2.75) is 27.4 Å². The highest BCUT2D eigenvalue weighted by Crippen LogP contribution is 2.36. The average Bonchev–Trinajstić information content (AvgIpc) is 2.25. The van der Waals surface area contributed by atoms with Crippen LogP contribution in [0.25, 0.3) is 0 Å². The summed E-state index contributed by atoms with van der Waals surface area (Å²) in [6.45, 7) is 0.159. The number of hydrogen-bond acceptors (Lipinski definition) is 2. The first-order valence-electron chi connectivity index (χ1n) is 4.47. The molecule has 8 heteroatoms. The van der Waals surface area contributed by atoms with Gasteiger partial charge in [0.1, 0.15) is 0 Å². The van der Waals surface area contributed by atoms with Gasteiger partial charge in [0.25, 0.3) is 15.6 Å². The second kappa shape index (κ2) is 5.07. The van der Waals surface area contributed by atoms with Gasteiger partial charge in [0.2, 0.25) is 0 Å². The Labute approximate surface area is 118 Å². The van der Waals surface area contributed by atoms with E-state index in [9.17, 15) is 9.59 Å². The number of imide groups is 1. The smallest absolute Gasteiger partial charge is 0.276 e. The Kier molecular flexibility index (Phi) is 4.64. The number of carbonyl (C=O) groups is 2. The summed E-state index contributed by atoms with van der Waals surface area (Å²) >= 11 is 27.9. The molecule has 0 aromatic heterocycles. The molecule has 0 saturated carbocycles. The van der Waals surface area contributed by atoms with E-state index in [1.807, 2.05) is 0 Å². The predicted octanol–water partition coefficient (Wildman–Crippen LogP) is 3.07. The molecular weight excluding hydrogens is 319 g/mol. The zero-order chi connectivity index (χ0) is 12.6. The van der Waals surface area contributed by atoms with Crippen molar-refractivity contribution in [3.63, 3.8) is 0 Å². The van der Waals surface area contributed by atoms with Gasteiger partial charge in [-0.2, -0.15) is 0 Å². The number of nitrogens with zero attached hydrogens (tertiary/aromatic N) is 1. The molecule has 1 rings (SSSR count). The SMILES string of the molecule is O=C(N1CCCCC(Cl)(Cl)C1=O)C(Cl)(Cl)Cl. The van der Waals surface area contributed by atoms with E-state index in [4.69, 9.17) is 58.0 Å². The summed E-state index contributed by atoms with van der Waals surface area (Å²) in [5.74, 6) is -1.65. The van der Waals surface area contributed by atoms with Crippen LogP contribution in [0, 0.1) is 0 Å². The molecule has 0 radical (unpaired) electrons. The molecule has 2 amide bonds. The molecule has 0 N–H and O–H groups in total. The Morgan fingerprint density at radius 2 is 1.81 bits per heavy atom. The lowest BCUT2D eigenvalue weighted by Gasteiger charge is -2.26. The Morgan fingerprint density at radius 3 is 2.31 bits per heavy atom. The van der Waals surface area contributed by atoms with Crippen molar-refractivity contribution in [3.8, 4) is 0 Å². The molecule has 3 nitrogen and oxygen atoms in total. The first kappa shape index (κ1) is 14.7. The zero-order valence-electron chi connectivity index (χ0n) is 7.98. The topological polar surface area (TPSA) is 37.4 Å². The van der Waals surface area contributed by atoms with Gasteiger partial charge in [0.15, 0.2) is 4.33 Å². The van der Waals surface area contributed by atoms with Crippen molar-refractivity contribution in [3.05, 3.63) is 0 Å². The predicted molar refractivity (Wildman–Crippen MR) is 65.3 cm³/mol. The molecule has 1 fully saturated rings. The van der Waals surface area contributed by atoms with Crippen LogP contribution >= 0.6 is 58.0 Å². The molecule has 0 aromatic carbocycles. The van der Waals surface area contributed by atoms with Crippen LogP contribution in [0.15, 0.2) is 0 Å². The van der Waals surface area contributed by atoms with Gasteiger partial charge < -0.3 is 0 Å². The van der Waals surface area contributed by atoms with Crippen molar-refractivity contribution >= 4 is 69.8 Å². The van der Waals surface area contributed by atoms with E-state index >= 15 is 0 Å². The fraction of sp³-hybridized carbons (Fsp3) is 0.750. The fourth-order valence-corrected chi connectivity index (χ4v) is 2.15. The lowest BCUT2D eigenvalue weighted by molar-refractivity contribution is -0.144. The highest BCUT2D eigenvalue weighted by atomic mass is 35.6. The van der Waals surface area contributed by atoms with E-state index in [-0.39, 0.29) is 13.0 Å². The van der Waals surface area contributed by atoms with Gasteiger partial charge >= 0.3 is 0 Å². The molecule has 0 unspecified atom stereocenters. The summed E-state index contributed by atoms with van der Waals surface area (Å²) in [5.41, 5.74) is 0. The minimum Gasteiger partial charge on any atom is -0.276 e. The maximum Gasteiger partial charge on any atom is 0.281 e. The van der Waals surface area contributed by atoms with E-state index in [1.165, 1.54) is 0 Å². The quantitative estimate of drug-likeness (QED) is 0.641. The van der Waals surface area contributed by atoms with Gasteiger partial charge in [0.05, 0.1) is 0 Å². The molecule has 0 bridgehead atoms. The number of likely N-dealkylation sites (tertiary alicyclic amines) is 1. The highest BCUT2D eigenvalue weighted by Gasteiger charge is 2.46. The van der Waals surface area contributed by atoms with Gasteiger partial charge in [-0.1, -0.05) is 58.0 Å². The standard InChI is InChI=1S/C8H8Cl5NO2/c9-7(10)3-1-2-4-14(5(7)15)6(16)8(11,12)13/h1-4H2. The summed E-state index contributed by atoms with van der Waals surface area (Å²) in [6, 6.07) is 0. The third-order valence-corrected chi connectivity index (χ3v) is 3.35. The van der Waals surface area contributed by atoms with Gasteiger partial charge in [0, 0.05) is 6.54 Å². The van der Waals surface area contributed by atoms with Crippen LogP contribution in [0.1, 0.15) is 19.3 Å². The minimum atomic E-state index is -2.18. The minimum absolute atomic E-state index is 0.159. The van der Waals surface area contributed by atoms with Crippen LogP contribution in [0.2, 0.25) is 0 Å². The van der Waals surface area contributed by atoms with Gasteiger partial charge in [-0.05, 0) is 19.3 Å². The van der Waals surface area contributed by atoms with Crippen LogP contribution in [0.4, 0.5) is 0 Å². The third kappa shape index (κ3) is 3.30.